The lowest BCUT2D eigenvalue weighted by molar-refractivity contribution is -0.133. The minimum atomic E-state index is 0.102. The van der Waals surface area contributed by atoms with Crippen LogP contribution < -0.4 is 0 Å². The fourth-order valence-electron chi connectivity index (χ4n) is 3.60. The first-order valence-electron chi connectivity index (χ1n) is 10.2. The van der Waals surface area contributed by atoms with Crippen LogP contribution in [0.2, 0.25) is 0 Å². The third kappa shape index (κ3) is 4.69. The number of carbonyl (C=O) groups is 2. The van der Waals surface area contributed by atoms with Crippen molar-refractivity contribution in [1.29, 1.82) is 0 Å². The summed E-state index contributed by atoms with van der Waals surface area (Å²) in [4.78, 5) is 33.8. The van der Waals surface area contributed by atoms with Crippen molar-refractivity contribution in [3.63, 3.8) is 0 Å². The van der Waals surface area contributed by atoms with E-state index in [4.69, 9.17) is 4.98 Å². The van der Waals surface area contributed by atoms with Crippen LogP contribution in [-0.4, -0.2) is 63.1 Å². The van der Waals surface area contributed by atoms with Crippen LogP contribution in [0, 0.1) is 5.92 Å². The van der Waals surface area contributed by atoms with Crippen molar-refractivity contribution < 1.29 is 9.59 Å². The predicted molar refractivity (Wildman–Crippen MR) is 113 cm³/mol. The summed E-state index contributed by atoms with van der Waals surface area (Å²) in [7, 11) is 0. The Bertz CT molecular complexity index is 823. The highest BCUT2D eigenvalue weighted by molar-refractivity contribution is 7.99. The lowest BCUT2D eigenvalue weighted by Crippen LogP contribution is -2.39. The molecule has 0 N–H and O–H groups in total. The van der Waals surface area contributed by atoms with Crippen LogP contribution in [0.4, 0.5) is 0 Å². The molecular weight excluding hydrogens is 372 g/mol. The molecule has 1 fully saturated rings. The van der Waals surface area contributed by atoms with Crippen LogP contribution >= 0.6 is 11.8 Å². The summed E-state index contributed by atoms with van der Waals surface area (Å²) in [6.45, 7) is 9.56. The van der Waals surface area contributed by atoms with E-state index in [1.165, 1.54) is 11.8 Å². The van der Waals surface area contributed by atoms with Crippen molar-refractivity contribution in [2.24, 2.45) is 5.92 Å². The minimum Gasteiger partial charge on any atom is -0.343 e. The number of likely N-dealkylation sites (tertiary alicyclic amines) is 1. The molecule has 0 unspecified atom stereocenters. The standard InChI is InChI=1S/C21H30N4O2S/c1-4-23(5-2)20(27)15-28-21-22-17-8-6-7-9-18(17)25(21)14-19(26)24-12-10-16(3)11-13-24/h6-9,16H,4-5,10-15H2,1-3H3. The number of rotatable bonds is 7. The van der Waals surface area contributed by atoms with Crippen LogP contribution in [-0.2, 0) is 16.1 Å². The Kier molecular flexibility index (Phi) is 6.99. The lowest BCUT2D eigenvalue weighted by atomic mass is 9.99. The second-order valence-electron chi connectivity index (χ2n) is 7.39. The molecule has 2 aromatic rings. The Labute approximate surface area is 171 Å². The quantitative estimate of drug-likeness (QED) is 0.667. The third-order valence-electron chi connectivity index (χ3n) is 5.49. The van der Waals surface area contributed by atoms with E-state index in [0.29, 0.717) is 24.8 Å². The van der Waals surface area contributed by atoms with Crippen LogP contribution in [0.1, 0.15) is 33.6 Å². The van der Waals surface area contributed by atoms with E-state index in [9.17, 15) is 9.59 Å². The third-order valence-corrected chi connectivity index (χ3v) is 6.45. The molecule has 1 aliphatic rings. The van der Waals surface area contributed by atoms with Crippen LogP contribution in [0.5, 0.6) is 0 Å². The largest absolute Gasteiger partial charge is 0.343 e. The van der Waals surface area contributed by atoms with E-state index in [1.54, 1.807) is 0 Å². The first-order valence-corrected chi connectivity index (χ1v) is 11.2. The number of amides is 2. The number of fused-ring (bicyclic) bond motifs is 1. The Balaban J connectivity index is 1.77. The van der Waals surface area contributed by atoms with Gasteiger partial charge in [0.15, 0.2) is 5.16 Å². The average molecular weight is 403 g/mol. The van der Waals surface area contributed by atoms with E-state index in [1.807, 2.05) is 52.5 Å². The molecule has 1 saturated heterocycles. The normalized spacial score (nSPS) is 15.2. The number of nitrogens with zero attached hydrogens (tertiary/aromatic N) is 4. The van der Waals surface area contributed by atoms with E-state index >= 15 is 0 Å². The summed E-state index contributed by atoms with van der Waals surface area (Å²) < 4.78 is 1.97. The highest BCUT2D eigenvalue weighted by Gasteiger charge is 2.23. The van der Waals surface area contributed by atoms with Gasteiger partial charge in [-0.3, -0.25) is 9.59 Å². The summed E-state index contributed by atoms with van der Waals surface area (Å²) in [5, 5.41) is 0.737. The minimum absolute atomic E-state index is 0.102. The number of para-hydroxylation sites is 2. The lowest BCUT2D eigenvalue weighted by Gasteiger charge is -2.30. The van der Waals surface area contributed by atoms with Crippen LogP contribution in [0.25, 0.3) is 11.0 Å². The molecule has 28 heavy (non-hydrogen) atoms. The van der Waals surface area contributed by atoms with Gasteiger partial charge in [-0.1, -0.05) is 30.8 Å². The van der Waals surface area contributed by atoms with E-state index in [-0.39, 0.29) is 18.4 Å². The van der Waals surface area contributed by atoms with Crippen molar-refractivity contribution in [2.75, 3.05) is 31.9 Å². The highest BCUT2D eigenvalue weighted by atomic mass is 32.2. The number of hydrogen-bond acceptors (Lipinski definition) is 4. The highest BCUT2D eigenvalue weighted by Crippen LogP contribution is 2.25. The molecular formula is C21H30N4O2S. The summed E-state index contributed by atoms with van der Waals surface area (Å²) in [5.41, 5.74) is 1.80. The summed E-state index contributed by atoms with van der Waals surface area (Å²) >= 11 is 1.42. The van der Waals surface area contributed by atoms with Crippen molar-refractivity contribution in [1.82, 2.24) is 19.4 Å². The number of benzene rings is 1. The van der Waals surface area contributed by atoms with Gasteiger partial charge in [0, 0.05) is 26.2 Å². The molecule has 0 aliphatic carbocycles. The molecule has 6 nitrogen and oxygen atoms in total. The Hall–Kier alpha value is -2.02. The Morgan fingerprint density at radius 3 is 2.54 bits per heavy atom. The fraction of sp³-hybridized carbons (Fsp3) is 0.571. The maximum absolute atomic E-state index is 12.9. The van der Waals surface area contributed by atoms with Gasteiger partial charge in [-0.2, -0.15) is 0 Å². The monoisotopic (exact) mass is 402 g/mol. The molecule has 0 spiro atoms. The zero-order chi connectivity index (χ0) is 20.1. The second kappa shape index (κ2) is 9.45. The molecule has 0 atom stereocenters. The number of aromatic nitrogens is 2. The number of carbonyl (C=O) groups excluding carboxylic acids is 2. The zero-order valence-corrected chi connectivity index (χ0v) is 17.9. The van der Waals surface area contributed by atoms with Gasteiger partial charge in [0.25, 0.3) is 0 Å². The van der Waals surface area contributed by atoms with Gasteiger partial charge in [0.1, 0.15) is 6.54 Å². The summed E-state index contributed by atoms with van der Waals surface area (Å²) in [6.07, 6.45) is 2.13. The molecule has 152 valence electrons. The first-order chi connectivity index (χ1) is 13.5. The number of thioether (sulfide) groups is 1. The van der Waals surface area contributed by atoms with Gasteiger partial charge < -0.3 is 14.4 Å². The molecule has 0 saturated carbocycles. The number of piperidine rings is 1. The maximum atomic E-state index is 12.9. The molecule has 1 aromatic carbocycles. The van der Waals surface area contributed by atoms with E-state index in [0.717, 1.165) is 42.1 Å². The van der Waals surface area contributed by atoms with E-state index in [2.05, 4.69) is 6.92 Å². The predicted octanol–water partition coefficient (Wildman–Crippen LogP) is 3.26. The molecule has 0 radical (unpaired) electrons. The van der Waals surface area contributed by atoms with Gasteiger partial charge in [0.2, 0.25) is 11.8 Å². The molecule has 1 aromatic heterocycles. The molecule has 2 amide bonds. The molecule has 2 heterocycles. The van der Waals surface area contributed by atoms with Crippen molar-refractivity contribution in [3.05, 3.63) is 24.3 Å². The zero-order valence-electron chi connectivity index (χ0n) is 17.1. The topological polar surface area (TPSA) is 58.4 Å². The van der Waals surface area contributed by atoms with Gasteiger partial charge in [-0.05, 0) is 44.7 Å². The average Bonchev–Trinajstić information content (AvgIpc) is 3.05. The van der Waals surface area contributed by atoms with Crippen molar-refractivity contribution >= 4 is 34.6 Å². The SMILES string of the molecule is CCN(CC)C(=O)CSc1nc2ccccc2n1CC(=O)N1CCC(C)CC1. The van der Waals surface area contributed by atoms with Gasteiger partial charge in [-0.25, -0.2) is 4.98 Å². The molecule has 7 heteroatoms. The van der Waals surface area contributed by atoms with Gasteiger partial charge >= 0.3 is 0 Å². The molecule has 0 bridgehead atoms. The fourth-order valence-corrected chi connectivity index (χ4v) is 4.52. The first kappa shape index (κ1) is 20.7. The number of imidazole rings is 1. The van der Waals surface area contributed by atoms with Crippen molar-refractivity contribution in [3.8, 4) is 0 Å². The Morgan fingerprint density at radius 2 is 1.86 bits per heavy atom. The second-order valence-corrected chi connectivity index (χ2v) is 8.33. The van der Waals surface area contributed by atoms with Gasteiger partial charge in [0.05, 0.1) is 16.8 Å². The smallest absolute Gasteiger partial charge is 0.242 e. The number of hydrogen-bond donors (Lipinski definition) is 0. The Morgan fingerprint density at radius 1 is 1.18 bits per heavy atom. The van der Waals surface area contributed by atoms with E-state index < -0.39 is 0 Å². The molecule has 3 rings (SSSR count). The van der Waals surface area contributed by atoms with Gasteiger partial charge in [-0.15, -0.1) is 0 Å². The molecule has 1 aliphatic heterocycles. The maximum Gasteiger partial charge on any atom is 0.242 e. The van der Waals surface area contributed by atoms with Crippen molar-refractivity contribution in [2.45, 2.75) is 45.3 Å². The van der Waals surface area contributed by atoms with Crippen LogP contribution in [0.15, 0.2) is 29.4 Å². The van der Waals surface area contributed by atoms with Crippen LogP contribution in [0.3, 0.4) is 0 Å². The summed E-state index contributed by atoms with van der Waals surface area (Å²) in [6, 6.07) is 7.85. The summed E-state index contributed by atoms with van der Waals surface area (Å²) in [5.74, 6) is 1.26.